The highest BCUT2D eigenvalue weighted by Crippen LogP contribution is 2.24. The van der Waals surface area contributed by atoms with Crippen LogP contribution >= 0.6 is 11.6 Å². The molecular weight excluding hydrogens is 336 g/mol. The fourth-order valence-corrected chi connectivity index (χ4v) is 3.27. The third kappa shape index (κ3) is 2.76. The van der Waals surface area contributed by atoms with Gasteiger partial charge < -0.3 is 9.88 Å². The van der Waals surface area contributed by atoms with Crippen LogP contribution in [0.15, 0.2) is 48.7 Å². The van der Waals surface area contributed by atoms with Crippen molar-refractivity contribution in [3.8, 4) is 0 Å². The summed E-state index contributed by atoms with van der Waals surface area (Å²) < 4.78 is 1.86. The van der Waals surface area contributed by atoms with Gasteiger partial charge in [-0.15, -0.1) is 0 Å². The third-order valence-corrected chi connectivity index (χ3v) is 4.79. The van der Waals surface area contributed by atoms with Gasteiger partial charge in [-0.2, -0.15) is 5.10 Å². The number of hydrogen-bond acceptors (Lipinski definition) is 2. The van der Waals surface area contributed by atoms with Crippen molar-refractivity contribution in [2.45, 2.75) is 13.0 Å². The third-order valence-electron chi connectivity index (χ3n) is 4.55. The van der Waals surface area contributed by atoms with E-state index in [1.165, 1.54) is 0 Å². The molecule has 6 heteroatoms. The number of rotatable bonds is 3. The maximum absolute atomic E-state index is 12.7. The molecule has 1 atom stereocenters. The second kappa shape index (κ2) is 5.93. The number of H-pyrrole nitrogens is 1. The highest BCUT2D eigenvalue weighted by molar-refractivity contribution is 6.31. The van der Waals surface area contributed by atoms with Crippen LogP contribution in [0.3, 0.4) is 0 Å². The van der Waals surface area contributed by atoms with Gasteiger partial charge in [0, 0.05) is 28.4 Å². The van der Waals surface area contributed by atoms with Crippen LogP contribution in [0.1, 0.15) is 29.0 Å². The molecule has 5 nitrogen and oxygen atoms in total. The lowest BCUT2D eigenvalue weighted by Crippen LogP contribution is -2.28. The van der Waals surface area contributed by atoms with Crippen LogP contribution in [0.4, 0.5) is 0 Å². The summed E-state index contributed by atoms with van der Waals surface area (Å²) in [6.07, 6.45) is 1.78. The van der Waals surface area contributed by atoms with Gasteiger partial charge in [-0.05, 0) is 42.8 Å². The van der Waals surface area contributed by atoms with Gasteiger partial charge in [0.25, 0.3) is 5.91 Å². The van der Waals surface area contributed by atoms with Crippen molar-refractivity contribution in [2.75, 3.05) is 0 Å². The zero-order chi connectivity index (χ0) is 17.6. The first-order valence-corrected chi connectivity index (χ1v) is 8.39. The first-order chi connectivity index (χ1) is 12.0. The molecule has 1 amide bonds. The molecule has 25 heavy (non-hydrogen) atoms. The van der Waals surface area contributed by atoms with Gasteiger partial charge in [0.2, 0.25) is 0 Å². The summed E-state index contributed by atoms with van der Waals surface area (Å²) in [6, 6.07) is 13.4. The minimum Gasteiger partial charge on any atom is -0.344 e. The number of nitrogens with zero attached hydrogens (tertiary/aromatic N) is 2. The first kappa shape index (κ1) is 15.7. The van der Waals surface area contributed by atoms with E-state index in [0.29, 0.717) is 10.7 Å². The number of benzene rings is 2. The average Bonchev–Trinajstić information content (AvgIpc) is 3.19. The molecule has 2 N–H and O–H groups in total. The van der Waals surface area contributed by atoms with Crippen molar-refractivity contribution in [1.82, 2.24) is 20.1 Å². The summed E-state index contributed by atoms with van der Waals surface area (Å²) in [5.74, 6) is -0.116. The van der Waals surface area contributed by atoms with Crippen molar-refractivity contribution in [2.24, 2.45) is 7.05 Å². The Balaban J connectivity index is 1.61. The molecule has 126 valence electrons. The SMILES string of the molecule is C[C@@H](NC(=O)c1cc2ccc(Cl)cc2n1C)c1ccc2[nH]ncc2c1. The fraction of sp³-hybridized carbons (Fsp3) is 0.158. The number of aromatic nitrogens is 3. The number of amides is 1. The molecule has 0 spiro atoms. The summed E-state index contributed by atoms with van der Waals surface area (Å²) in [7, 11) is 1.87. The number of carbonyl (C=O) groups excluding carboxylic acids is 1. The van der Waals surface area contributed by atoms with Gasteiger partial charge in [-0.25, -0.2) is 0 Å². The fourth-order valence-electron chi connectivity index (χ4n) is 3.11. The van der Waals surface area contributed by atoms with E-state index < -0.39 is 0 Å². The Labute approximate surface area is 149 Å². The molecule has 2 aromatic heterocycles. The molecule has 0 bridgehead atoms. The Morgan fingerprint density at radius 2 is 2.04 bits per heavy atom. The smallest absolute Gasteiger partial charge is 0.268 e. The van der Waals surface area contributed by atoms with Crippen molar-refractivity contribution < 1.29 is 4.79 Å². The Bertz CT molecular complexity index is 1100. The standard InChI is InChI=1S/C19H17ClN4O/c1-11(12-4-6-16-14(7-12)10-21-23-16)22-19(25)18-8-13-3-5-15(20)9-17(13)24(18)2/h3-11H,1-2H3,(H,21,23)(H,22,25)/t11-/m1/s1. The van der Waals surface area contributed by atoms with Crippen LogP contribution in [-0.4, -0.2) is 20.7 Å². The maximum Gasteiger partial charge on any atom is 0.268 e. The lowest BCUT2D eigenvalue weighted by molar-refractivity contribution is 0.0932. The summed E-state index contributed by atoms with van der Waals surface area (Å²) >= 11 is 6.06. The van der Waals surface area contributed by atoms with Gasteiger partial charge in [-0.1, -0.05) is 23.7 Å². The van der Waals surface area contributed by atoms with Crippen molar-refractivity contribution in [3.05, 3.63) is 64.9 Å². The molecule has 0 aliphatic rings. The van der Waals surface area contributed by atoms with E-state index in [1.54, 1.807) is 6.20 Å². The number of fused-ring (bicyclic) bond motifs is 2. The van der Waals surface area contributed by atoms with Crippen LogP contribution in [-0.2, 0) is 7.05 Å². The molecule has 2 aromatic carbocycles. The minimum absolute atomic E-state index is 0.116. The average molecular weight is 353 g/mol. The summed E-state index contributed by atoms with van der Waals surface area (Å²) in [5.41, 5.74) is 3.55. The second-order valence-electron chi connectivity index (χ2n) is 6.20. The number of aryl methyl sites for hydroxylation is 1. The Kier molecular flexibility index (Phi) is 3.73. The van der Waals surface area contributed by atoms with Gasteiger partial charge in [0.1, 0.15) is 5.69 Å². The molecule has 0 aliphatic carbocycles. The molecule has 0 radical (unpaired) electrons. The van der Waals surface area contributed by atoms with Gasteiger partial charge in [0.05, 0.1) is 17.8 Å². The zero-order valence-corrected chi connectivity index (χ0v) is 14.6. The van der Waals surface area contributed by atoms with Crippen molar-refractivity contribution >= 4 is 39.3 Å². The van der Waals surface area contributed by atoms with Crippen molar-refractivity contribution in [3.63, 3.8) is 0 Å². The topological polar surface area (TPSA) is 62.7 Å². The van der Waals surface area contributed by atoms with Crippen LogP contribution in [0, 0.1) is 0 Å². The Morgan fingerprint density at radius 3 is 2.88 bits per heavy atom. The van der Waals surface area contributed by atoms with Crippen LogP contribution < -0.4 is 5.32 Å². The van der Waals surface area contributed by atoms with E-state index in [1.807, 2.05) is 61.0 Å². The molecule has 4 rings (SSSR count). The summed E-state index contributed by atoms with van der Waals surface area (Å²) in [4.78, 5) is 12.7. The number of aromatic amines is 1. The predicted molar refractivity (Wildman–Crippen MR) is 99.9 cm³/mol. The van der Waals surface area contributed by atoms with E-state index in [4.69, 9.17) is 11.6 Å². The minimum atomic E-state index is -0.117. The van der Waals surface area contributed by atoms with E-state index in [-0.39, 0.29) is 11.9 Å². The quantitative estimate of drug-likeness (QED) is 0.580. The van der Waals surface area contributed by atoms with Crippen LogP contribution in [0.2, 0.25) is 5.02 Å². The molecule has 2 heterocycles. The van der Waals surface area contributed by atoms with E-state index in [2.05, 4.69) is 15.5 Å². The van der Waals surface area contributed by atoms with Gasteiger partial charge in [-0.3, -0.25) is 9.89 Å². The molecular formula is C19H17ClN4O. The predicted octanol–water partition coefficient (Wildman–Crippen LogP) is 4.20. The molecule has 0 saturated carbocycles. The van der Waals surface area contributed by atoms with Gasteiger partial charge >= 0.3 is 0 Å². The lowest BCUT2D eigenvalue weighted by atomic mass is 10.1. The highest BCUT2D eigenvalue weighted by Gasteiger charge is 2.17. The Hall–Kier alpha value is -2.79. The molecule has 0 aliphatic heterocycles. The first-order valence-electron chi connectivity index (χ1n) is 8.02. The van der Waals surface area contributed by atoms with Gasteiger partial charge in [0.15, 0.2) is 0 Å². The van der Waals surface area contributed by atoms with Crippen LogP contribution in [0.25, 0.3) is 21.8 Å². The normalized spacial score (nSPS) is 12.6. The monoisotopic (exact) mass is 352 g/mol. The summed E-state index contributed by atoms with van der Waals surface area (Å²) in [6.45, 7) is 1.97. The number of halogens is 1. The number of hydrogen-bond donors (Lipinski definition) is 2. The molecule has 0 unspecified atom stereocenters. The summed E-state index contributed by atoms with van der Waals surface area (Å²) in [5, 5.41) is 12.7. The van der Waals surface area contributed by atoms with E-state index >= 15 is 0 Å². The maximum atomic E-state index is 12.7. The largest absolute Gasteiger partial charge is 0.344 e. The Morgan fingerprint density at radius 1 is 1.20 bits per heavy atom. The highest BCUT2D eigenvalue weighted by atomic mass is 35.5. The molecule has 4 aromatic rings. The van der Waals surface area contributed by atoms with Crippen LogP contribution in [0.5, 0.6) is 0 Å². The number of carbonyl (C=O) groups is 1. The van der Waals surface area contributed by atoms with E-state index in [9.17, 15) is 4.79 Å². The number of nitrogens with one attached hydrogen (secondary N) is 2. The second-order valence-corrected chi connectivity index (χ2v) is 6.64. The van der Waals surface area contributed by atoms with E-state index in [0.717, 1.165) is 27.4 Å². The van der Waals surface area contributed by atoms with Crippen molar-refractivity contribution in [1.29, 1.82) is 0 Å². The lowest BCUT2D eigenvalue weighted by Gasteiger charge is -2.15. The molecule has 0 fully saturated rings. The zero-order valence-electron chi connectivity index (χ0n) is 13.9. The molecule has 0 saturated heterocycles.